The smallest absolute Gasteiger partial charge is 0.411 e. The standard InChI is InChI=1S/C32H41N5O5.C22H25N5O/c1-31(2,3)41-29(39)35-17-18-36(30(40)42-32(4,5)6)27(22-35)28(38)37(21-24-11-8-7-9-12-24)26-14-10-13-25(19-26)20-34-16-15-33-23-34;28-22(21-14-23-9-10-25-21)27(16-18-5-2-1-3-6-18)20-8-4-7-19(13-20)15-26-12-11-24-17-26/h7-16,19,23,27H,17-18,20-22H2,1-6H3;1-8,11-13,17,21,23,25H,9-10,14-16H2. The molecule has 368 valence electrons. The molecule has 2 aromatic heterocycles. The zero-order valence-electron chi connectivity index (χ0n) is 41.1. The van der Waals surface area contributed by atoms with Crippen LogP contribution in [-0.2, 0) is 45.2 Å². The molecular weight excluding hydrogens is 885 g/mol. The van der Waals surface area contributed by atoms with Crippen molar-refractivity contribution in [1.29, 1.82) is 0 Å². The number of carbonyl (C=O) groups excluding carboxylic acids is 4. The fourth-order valence-electron chi connectivity index (χ4n) is 8.17. The van der Waals surface area contributed by atoms with Crippen molar-refractivity contribution in [3.8, 4) is 0 Å². The number of anilines is 2. The highest BCUT2D eigenvalue weighted by Gasteiger charge is 2.42. The van der Waals surface area contributed by atoms with Gasteiger partial charge in [-0.1, -0.05) is 84.9 Å². The molecule has 16 nitrogen and oxygen atoms in total. The predicted molar refractivity (Wildman–Crippen MR) is 270 cm³/mol. The minimum absolute atomic E-state index is 0.0208. The second kappa shape index (κ2) is 23.3. The van der Waals surface area contributed by atoms with Gasteiger partial charge in [-0.05, 0) is 88.1 Å². The number of hydrogen-bond donors (Lipinski definition) is 2. The van der Waals surface area contributed by atoms with Gasteiger partial charge >= 0.3 is 12.2 Å². The second-order valence-electron chi connectivity index (χ2n) is 19.5. The van der Waals surface area contributed by atoms with Gasteiger partial charge in [-0.25, -0.2) is 19.6 Å². The number of nitrogens with zero attached hydrogens (tertiary/aromatic N) is 8. The number of ether oxygens (including phenoxy) is 2. The van der Waals surface area contributed by atoms with Gasteiger partial charge in [0.2, 0.25) is 5.91 Å². The third-order valence-electron chi connectivity index (χ3n) is 11.5. The van der Waals surface area contributed by atoms with Crippen LogP contribution >= 0.6 is 0 Å². The summed E-state index contributed by atoms with van der Waals surface area (Å²) in [5.74, 6) is -0.228. The largest absolute Gasteiger partial charge is 0.444 e. The van der Waals surface area contributed by atoms with Crippen LogP contribution in [0, 0.1) is 0 Å². The molecule has 4 heterocycles. The van der Waals surface area contributed by atoms with E-state index in [1.807, 2.05) is 111 Å². The Bertz CT molecular complexity index is 2610. The number of amides is 4. The summed E-state index contributed by atoms with van der Waals surface area (Å²) in [7, 11) is 0. The zero-order chi connectivity index (χ0) is 49.7. The highest BCUT2D eigenvalue weighted by atomic mass is 16.6. The highest BCUT2D eigenvalue weighted by molar-refractivity contribution is 5.99. The average Bonchev–Trinajstić information content (AvgIpc) is 4.07. The van der Waals surface area contributed by atoms with Crippen molar-refractivity contribution in [2.24, 2.45) is 0 Å². The van der Waals surface area contributed by atoms with Gasteiger partial charge in [0.1, 0.15) is 17.2 Å². The lowest BCUT2D eigenvalue weighted by atomic mass is 10.1. The van der Waals surface area contributed by atoms with Crippen molar-refractivity contribution >= 4 is 35.4 Å². The lowest BCUT2D eigenvalue weighted by Gasteiger charge is -2.42. The van der Waals surface area contributed by atoms with Crippen molar-refractivity contribution < 1.29 is 28.7 Å². The normalized spacial score (nSPS) is 16.1. The molecule has 0 spiro atoms. The number of imidazole rings is 2. The molecule has 70 heavy (non-hydrogen) atoms. The van der Waals surface area contributed by atoms with Gasteiger partial charge in [-0.15, -0.1) is 0 Å². The summed E-state index contributed by atoms with van der Waals surface area (Å²) in [4.78, 5) is 69.0. The lowest BCUT2D eigenvalue weighted by molar-refractivity contribution is -0.126. The summed E-state index contributed by atoms with van der Waals surface area (Å²) in [6.45, 7) is 15.5. The van der Waals surface area contributed by atoms with Crippen LogP contribution in [0.2, 0.25) is 0 Å². The van der Waals surface area contributed by atoms with Crippen LogP contribution < -0.4 is 20.4 Å². The molecule has 2 aliphatic rings. The minimum atomic E-state index is -0.984. The first-order valence-electron chi connectivity index (χ1n) is 23.8. The van der Waals surface area contributed by atoms with E-state index in [2.05, 4.69) is 44.9 Å². The molecule has 16 heteroatoms. The Hall–Kier alpha value is -7.30. The molecule has 2 N–H and O–H groups in total. The van der Waals surface area contributed by atoms with E-state index in [1.54, 1.807) is 71.5 Å². The van der Waals surface area contributed by atoms with E-state index in [4.69, 9.17) is 9.47 Å². The third-order valence-corrected chi connectivity index (χ3v) is 11.5. The summed E-state index contributed by atoms with van der Waals surface area (Å²) >= 11 is 0. The third kappa shape index (κ3) is 14.6. The summed E-state index contributed by atoms with van der Waals surface area (Å²) in [6.07, 6.45) is 9.74. The van der Waals surface area contributed by atoms with Crippen LogP contribution in [0.15, 0.2) is 147 Å². The maximum atomic E-state index is 14.5. The SMILES string of the molecule is CC(C)(C)OC(=O)N1CCN(C(=O)OC(C)(C)C)C(C(=O)N(Cc2ccccc2)c2cccc(Cn3ccnc3)c2)C1.O=C(C1CNCCN1)N(Cc1ccccc1)c1cccc(Cn2ccnc2)c1. The number of piperazine rings is 2. The Morgan fingerprint density at radius 2 is 1.11 bits per heavy atom. The summed E-state index contributed by atoms with van der Waals surface area (Å²) < 4.78 is 15.3. The number of rotatable bonds is 12. The van der Waals surface area contributed by atoms with E-state index in [9.17, 15) is 19.2 Å². The number of hydrogen-bond acceptors (Lipinski definition) is 10. The molecule has 2 fully saturated rings. The van der Waals surface area contributed by atoms with E-state index in [-0.39, 0.29) is 44.0 Å². The Kier molecular flexibility index (Phi) is 16.9. The molecule has 2 unspecified atom stereocenters. The molecule has 0 radical (unpaired) electrons. The van der Waals surface area contributed by atoms with E-state index < -0.39 is 29.4 Å². The number of nitrogens with one attached hydrogen (secondary N) is 2. The van der Waals surface area contributed by atoms with E-state index in [1.165, 1.54) is 9.80 Å². The molecule has 4 amide bonds. The van der Waals surface area contributed by atoms with Gasteiger partial charge in [-0.3, -0.25) is 14.5 Å². The predicted octanol–water partition coefficient (Wildman–Crippen LogP) is 7.35. The fraction of sp³-hybridized carbons (Fsp3) is 0.370. The molecule has 8 rings (SSSR count). The first-order valence-corrected chi connectivity index (χ1v) is 23.8. The van der Waals surface area contributed by atoms with Crippen LogP contribution in [0.5, 0.6) is 0 Å². The number of benzene rings is 4. The summed E-state index contributed by atoms with van der Waals surface area (Å²) in [5.41, 5.74) is 4.30. The lowest BCUT2D eigenvalue weighted by Crippen LogP contribution is -2.63. The molecule has 0 saturated carbocycles. The minimum Gasteiger partial charge on any atom is -0.444 e. The molecular formula is C54H66N10O6. The molecule has 2 aliphatic heterocycles. The Labute approximate surface area is 411 Å². The van der Waals surface area contributed by atoms with Crippen molar-refractivity contribution in [2.45, 2.75) is 91.0 Å². The van der Waals surface area contributed by atoms with E-state index in [0.717, 1.165) is 47.6 Å². The Morgan fingerprint density at radius 3 is 1.59 bits per heavy atom. The van der Waals surface area contributed by atoms with Gasteiger partial charge in [0.15, 0.2) is 0 Å². The van der Waals surface area contributed by atoms with Crippen LogP contribution in [0.3, 0.4) is 0 Å². The summed E-state index contributed by atoms with van der Waals surface area (Å²) in [5, 5.41) is 6.65. The maximum Gasteiger partial charge on any atom is 0.411 e. The van der Waals surface area contributed by atoms with E-state index >= 15 is 0 Å². The van der Waals surface area contributed by atoms with Gasteiger partial charge in [0, 0.05) is 82.0 Å². The first kappa shape index (κ1) is 50.6. The highest BCUT2D eigenvalue weighted by Crippen LogP contribution is 2.26. The van der Waals surface area contributed by atoms with E-state index in [0.29, 0.717) is 25.3 Å². The topological polar surface area (TPSA) is 159 Å². The Morgan fingerprint density at radius 1 is 0.614 bits per heavy atom. The monoisotopic (exact) mass is 951 g/mol. The molecule has 6 aromatic rings. The van der Waals surface area contributed by atoms with Gasteiger partial charge in [0.05, 0.1) is 38.3 Å². The van der Waals surface area contributed by atoms with Crippen molar-refractivity contribution in [3.05, 3.63) is 169 Å². The number of carbonyl (C=O) groups is 4. The summed E-state index contributed by atoms with van der Waals surface area (Å²) in [6, 6.07) is 34.5. The first-order chi connectivity index (χ1) is 33.6. The fourth-order valence-corrected chi connectivity index (χ4v) is 8.17. The molecule has 2 saturated heterocycles. The second-order valence-corrected chi connectivity index (χ2v) is 19.5. The van der Waals surface area contributed by atoms with Crippen LogP contribution in [0.4, 0.5) is 21.0 Å². The average molecular weight is 951 g/mol. The van der Waals surface area contributed by atoms with Gasteiger partial charge in [-0.2, -0.15) is 0 Å². The van der Waals surface area contributed by atoms with Crippen LogP contribution in [-0.4, -0.2) is 115 Å². The van der Waals surface area contributed by atoms with Crippen molar-refractivity contribution in [2.75, 3.05) is 49.1 Å². The van der Waals surface area contributed by atoms with Gasteiger partial charge in [0.25, 0.3) is 5.91 Å². The van der Waals surface area contributed by atoms with Gasteiger partial charge < -0.3 is 43.9 Å². The Balaban J connectivity index is 0.000000223. The van der Waals surface area contributed by atoms with Crippen molar-refractivity contribution in [1.82, 2.24) is 39.5 Å². The molecule has 0 aliphatic carbocycles. The number of aromatic nitrogens is 4. The van der Waals surface area contributed by atoms with Crippen LogP contribution in [0.1, 0.15) is 63.8 Å². The maximum absolute atomic E-state index is 14.5. The van der Waals surface area contributed by atoms with Crippen LogP contribution in [0.25, 0.3) is 0 Å². The molecule has 2 atom stereocenters. The molecule has 4 aromatic carbocycles. The molecule has 0 bridgehead atoms. The zero-order valence-corrected chi connectivity index (χ0v) is 41.1. The quantitative estimate of drug-likeness (QED) is 0.127. The van der Waals surface area contributed by atoms with Crippen molar-refractivity contribution in [3.63, 3.8) is 0 Å².